The van der Waals surface area contributed by atoms with Gasteiger partial charge in [-0.3, -0.25) is 38.4 Å². The number of hydrogen-bond acceptors (Lipinski definition) is 9. The molecule has 12 nitrogen and oxygen atoms in total. The van der Waals surface area contributed by atoms with E-state index in [9.17, 15) is 38.4 Å². The summed E-state index contributed by atoms with van der Waals surface area (Å²) in [6, 6.07) is 7.99. The summed E-state index contributed by atoms with van der Waals surface area (Å²) in [4.78, 5) is 110. The Kier molecular flexibility index (Phi) is 23.1. The number of ether oxygens (including phenoxy) is 1. The largest absolute Gasteiger partial charge is 0.372 e. The van der Waals surface area contributed by atoms with E-state index in [1.54, 1.807) is 4.90 Å². The third-order valence-corrected chi connectivity index (χ3v) is 14.1. The number of nitrogens with one attached hydrogen (secondary N) is 1. The Hall–Kier alpha value is -4.06. The molecule has 3 N–H and O–H groups in total. The molecule has 0 aromatic heterocycles. The number of amides is 3. The maximum atomic E-state index is 14.9. The third-order valence-electron chi connectivity index (χ3n) is 14.1. The van der Waals surface area contributed by atoms with Crippen LogP contribution >= 0.6 is 0 Å². The Morgan fingerprint density at radius 2 is 1.41 bits per heavy atom. The van der Waals surface area contributed by atoms with Gasteiger partial charge in [-0.1, -0.05) is 135 Å². The smallest absolute Gasteiger partial charge is 0.227 e. The molecule has 2 aliphatic carbocycles. The Morgan fingerprint density at radius 3 is 2.05 bits per heavy atom. The van der Waals surface area contributed by atoms with Crippen LogP contribution in [0.2, 0.25) is 0 Å². The maximum Gasteiger partial charge on any atom is 0.227 e. The zero-order valence-electron chi connectivity index (χ0n) is 39.3. The Labute approximate surface area is 382 Å². The van der Waals surface area contributed by atoms with Crippen LogP contribution in [0.4, 0.5) is 0 Å². The van der Waals surface area contributed by atoms with E-state index >= 15 is 0 Å². The minimum atomic E-state index is -0.923. The molecule has 0 bridgehead atoms. The maximum absolute atomic E-state index is 14.9. The molecule has 1 aliphatic heterocycles. The van der Waals surface area contributed by atoms with Gasteiger partial charge in [0.2, 0.25) is 23.5 Å². The first kappa shape index (κ1) is 52.6. The second-order valence-electron chi connectivity index (χ2n) is 19.2. The van der Waals surface area contributed by atoms with Crippen molar-refractivity contribution < 1.29 is 43.1 Å². The Bertz CT molecular complexity index is 1690. The number of ketones is 5. The van der Waals surface area contributed by atoms with E-state index in [-0.39, 0.29) is 80.7 Å². The number of benzene rings is 1. The van der Waals surface area contributed by atoms with Gasteiger partial charge >= 0.3 is 0 Å². The molecule has 0 spiro atoms. The van der Waals surface area contributed by atoms with Crippen LogP contribution in [0.1, 0.15) is 187 Å². The van der Waals surface area contributed by atoms with Crippen LogP contribution in [0, 0.1) is 29.6 Å². The van der Waals surface area contributed by atoms with Crippen LogP contribution in [0.15, 0.2) is 30.3 Å². The van der Waals surface area contributed by atoms with E-state index in [1.165, 1.54) is 6.42 Å². The lowest BCUT2D eigenvalue weighted by Crippen LogP contribution is -2.47. The van der Waals surface area contributed by atoms with Crippen molar-refractivity contribution in [2.45, 2.75) is 206 Å². The second-order valence-corrected chi connectivity index (χ2v) is 19.2. The molecule has 3 fully saturated rings. The topological polar surface area (TPSA) is 187 Å². The van der Waals surface area contributed by atoms with Crippen molar-refractivity contribution in [2.24, 2.45) is 35.3 Å². The monoisotopic (exact) mass is 890 g/mol. The van der Waals surface area contributed by atoms with Crippen LogP contribution in [0.5, 0.6) is 0 Å². The minimum Gasteiger partial charge on any atom is -0.372 e. The number of carbonyl (C=O) groups is 8. The standard InChI is InChI=1S/C52H79N3O9/c1-4-7-23-40(51(53)62)31-47(58)44(26-8-5-2)54-49(60)28-27-46(57)50(61)39(18-6-3)30-48(59)45-33-42(64-35-37-21-14-10-15-22-37)34-55(45)52(63)43(38-24-16-11-17-25-38)32-41(56)29-36-19-12-9-13-20-36/h10,14-15,21-22,36,38-40,42-45H,4-9,11-13,16-20,23-35H2,1-3H3,(H2,53,62)(H,54,60)/t39?,40?,42-,43?,44?,45+/m1/s1. The van der Waals surface area contributed by atoms with Gasteiger partial charge in [0.1, 0.15) is 5.78 Å². The summed E-state index contributed by atoms with van der Waals surface area (Å²) in [5, 5.41) is 2.75. The highest BCUT2D eigenvalue weighted by atomic mass is 16.5. The second kappa shape index (κ2) is 28.1. The van der Waals surface area contributed by atoms with E-state index in [0.717, 1.165) is 82.6 Å². The summed E-state index contributed by atoms with van der Waals surface area (Å²) in [6.45, 7) is 6.33. The number of nitrogens with two attached hydrogens (primary N) is 1. The van der Waals surface area contributed by atoms with Gasteiger partial charge in [0, 0.05) is 69.2 Å². The van der Waals surface area contributed by atoms with Gasteiger partial charge in [-0.25, -0.2) is 0 Å². The highest BCUT2D eigenvalue weighted by Gasteiger charge is 2.45. The molecule has 3 amide bonds. The lowest BCUT2D eigenvalue weighted by Gasteiger charge is -2.34. The number of Topliss-reactive ketones (excluding diaryl/α,β-unsaturated/α-hetero) is 5. The van der Waals surface area contributed by atoms with Gasteiger partial charge in [0.25, 0.3) is 0 Å². The number of primary amides is 1. The van der Waals surface area contributed by atoms with Crippen molar-refractivity contribution >= 4 is 46.6 Å². The molecule has 1 aromatic rings. The van der Waals surface area contributed by atoms with Gasteiger partial charge in [-0.15, -0.1) is 0 Å². The van der Waals surface area contributed by atoms with Crippen LogP contribution < -0.4 is 11.1 Å². The highest BCUT2D eigenvalue weighted by molar-refractivity contribution is 6.38. The minimum absolute atomic E-state index is 0.0544. The van der Waals surface area contributed by atoms with E-state index in [0.29, 0.717) is 44.6 Å². The average Bonchev–Trinajstić information content (AvgIpc) is 3.74. The fraction of sp³-hybridized carbons (Fsp3) is 0.731. The summed E-state index contributed by atoms with van der Waals surface area (Å²) in [7, 11) is 0. The first-order valence-corrected chi connectivity index (χ1v) is 25.0. The summed E-state index contributed by atoms with van der Waals surface area (Å²) < 4.78 is 6.34. The van der Waals surface area contributed by atoms with Gasteiger partial charge in [0.15, 0.2) is 17.3 Å². The number of likely N-dealkylation sites (tertiary alicyclic amines) is 1. The quantitative estimate of drug-likeness (QED) is 0.0714. The lowest BCUT2D eigenvalue weighted by atomic mass is 9.75. The first-order valence-electron chi connectivity index (χ1n) is 25.0. The van der Waals surface area contributed by atoms with Crippen LogP contribution in [0.25, 0.3) is 0 Å². The predicted octanol–water partition coefficient (Wildman–Crippen LogP) is 8.52. The van der Waals surface area contributed by atoms with E-state index in [1.807, 2.05) is 51.1 Å². The number of unbranched alkanes of at least 4 members (excludes halogenated alkanes) is 2. The summed E-state index contributed by atoms with van der Waals surface area (Å²) in [5.74, 6) is -4.88. The summed E-state index contributed by atoms with van der Waals surface area (Å²) in [5.41, 5.74) is 6.55. The zero-order chi connectivity index (χ0) is 46.4. The van der Waals surface area contributed by atoms with Crippen LogP contribution in [0.3, 0.4) is 0 Å². The number of nitrogens with zero attached hydrogens (tertiary/aromatic N) is 1. The van der Waals surface area contributed by atoms with E-state index in [4.69, 9.17) is 10.5 Å². The van der Waals surface area contributed by atoms with Gasteiger partial charge in [-0.05, 0) is 49.5 Å². The van der Waals surface area contributed by atoms with Crippen molar-refractivity contribution in [1.29, 1.82) is 0 Å². The highest BCUT2D eigenvalue weighted by Crippen LogP contribution is 2.37. The number of rotatable bonds is 30. The van der Waals surface area contributed by atoms with Gasteiger partial charge < -0.3 is 20.7 Å². The summed E-state index contributed by atoms with van der Waals surface area (Å²) >= 11 is 0. The molecule has 6 atom stereocenters. The van der Waals surface area contributed by atoms with Crippen molar-refractivity contribution in [3.05, 3.63) is 35.9 Å². The first-order chi connectivity index (χ1) is 30.8. The molecular formula is C52H79N3O9. The molecule has 3 aliphatic rings. The molecule has 1 heterocycles. The predicted molar refractivity (Wildman–Crippen MR) is 247 cm³/mol. The van der Waals surface area contributed by atoms with Crippen molar-refractivity contribution in [2.75, 3.05) is 6.54 Å². The lowest BCUT2D eigenvalue weighted by molar-refractivity contribution is -0.146. The van der Waals surface area contributed by atoms with Crippen molar-refractivity contribution in [3.63, 3.8) is 0 Å². The molecule has 0 radical (unpaired) electrons. The van der Waals surface area contributed by atoms with Gasteiger partial charge in [-0.2, -0.15) is 0 Å². The van der Waals surface area contributed by atoms with E-state index in [2.05, 4.69) is 5.32 Å². The number of carbonyl (C=O) groups excluding carboxylic acids is 8. The SMILES string of the molecule is CCCCC(CC(=O)C(CCCC)NC(=O)CCC(=O)C(=O)C(CCC)CC(=O)[C@@H]1C[C@@H](OCc2ccccc2)CN1C(=O)C(CC(=O)CC1CCCCC1)C1CCCCC1)C(N)=O. The average molecular weight is 890 g/mol. The van der Waals surface area contributed by atoms with Crippen molar-refractivity contribution in [1.82, 2.24) is 10.2 Å². The molecule has 64 heavy (non-hydrogen) atoms. The molecule has 1 aromatic carbocycles. The van der Waals surface area contributed by atoms with Crippen LogP contribution in [-0.2, 0) is 49.7 Å². The Morgan fingerprint density at radius 1 is 0.750 bits per heavy atom. The van der Waals surface area contributed by atoms with Gasteiger partial charge in [0.05, 0.1) is 24.8 Å². The Balaban J connectivity index is 1.46. The molecule has 12 heteroatoms. The molecule has 2 saturated carbocycles. The normalized spacial score (nSPS) is 20.2. The fourth-order valence-corrected chi connectivity index (χ4v) is 10.3. The van der Waals surface area contributed by atoms with Crippen molar-refractivity contribution in [3.8, 4) is 0 Å². The molecule has 4 rings (SSSR count). The third kappa shape index (κ3) is 17.1. The fourth-order valence-electron chi connectivity index (χ4n) is 10.3. The van der Waals surface area contributed by atoms with E-state index < -0.39 is 59.3 Å². The molecule has 4 unspecified atom stereocenters. The molecule has 356 valence electrons. The summed E-state index contributed by atoms with van der Waals surface area (Å²) in [6.07, 6.45) is 14.6. The molecule has 1 saturated heterocycles. The van der Waals surface area contributed by atoms with Crippen LogP contribution in [-0.4, -0.2) is 76.3 Å². The zero-order valence-corrected chi connectivity index (χ0v) is 39.3. The molecular weight excluding hydrogens is 811 g/mol. The number of hydrogen-bond donors (Lipinski definition) is 2.